The number of benzene rings is 1. The van der Waals surface area contributed by atoms with Gasteiger partial charge in [-0.05, 0) is 30.7 Å². The highest BCUT2D eigenvalue weighted by molar-refractivity contribution is 7.86. The molecule has 0 N–H and O–H groups in total. The topological polar surface area (TPSA) is 63.9 Å². The number of hydrogen-bond acceptors (Lipinski definition) is 5. The molecule has 1 aromatic carbocycles. The monoisotopic (exact) mass is 331 g/mol. The van der Waals surface area contributed by atoms with Crippen LogP contribution in [-0.4, -0.2) is 43.3 Å². The van der Waals surface area contributed by atoms with Crippen molar-refractivity contribution < 1.29 is 12.6 Å². The number of rotatable bonds is 3. The molecule has 0 saturated carbocycles. The van der Waals surface area contributed by atoms with Crippen LogP contribution in [0.1, 0.15) is 5.56 Å². The molecule has 3 heterocycles. The molecule has 3 aromatic rings. The molecule has 0 spiro atoms. The zero-order valence-electron chi connectivity index (χ0n) is 12.9. The van der Waals surface area contributed by atoms with Gasteiger partial charge in [-0.1, -0.05) is 6.07 Å². The van der Waals surface area contributed by atoms with Gasteiger partial charge in [0.25, 0.3) is 10.1 Å². The summed E-state index contributed by atoms with van der Waals surface area (Å²) in [7, 11) is -3.39. The SMILES string of the molecule is Cc1ccc2nc3cc(N4CC(OS(C)(=O)=O)C4)ccn3c2c1. The van der Waals surface area contributed by atoms with E-state index in [1.807, 2.05) is 24.4 Å². The molecule has 2 aromatic heterocycles. The van der Waals surface area contributed by atoms with E-state index >= 15 is 0 Å². The molecule has 0 radical (unpaired) electrons. The summed E-state index contributed by atoms with van der Waals surface area (Å²) < 4.78 is 29.3. The third-order valence-corrected chi connectivity index (χ3v) is 4.69. The Morgan fingerprint density at radius 1 is 1.22 bits per heavy atom. The van der Waals surface area contributed by atoms with Gasteiger partial charge in [0.1, 0.15) is 11.8 Å². The van der Waals surface area contributed by atoms with Crippen LogP contribution in [0.25, 0.3) is 16.7 Å². The average Bonchev–Trinajstić information content (AvgIpc) is 2.78. The second kappa shape index (κ2) is 4.94. The first-order chi connectivity index (χ1) is 10.9. The number of aromatic nitrogens is 2. The van der Waals surface area contributed by atoms with Crippen molar-refractivity contribution in [1.29, 1.82) is 0 Å². The van der Waals surface area contributed by atoms with E-state index in [0.29, 0.717) is 13.1 Å². The van der Waals surface area contributed by atoms with Crippen molar-refractivity contribution in [3.05, 3.63) is 42.1 Å². The number of anilines is 1. The molecule has 4 rings (SSSR count). The van der Waals surface area contributed by atoms with Gasteiger partial charge in [-0.2, -0.15) is 8.42 Å². The summed E-state index contributed by atoms with van der Waals surface area (Å²) in [6.07, 6.45) is 2.83. The van der Waals surface area contributed by atoms with Crippen LogP contribution in [0.3, 0.4) is 0 Å². The van der Waals surface area contributed by atoms with E-state index in [1.54, 1.807) is 0 Å². The molecule has 120 valence electrons. The molecule has 0 atom stereocenters. The van der Waals surface area contributed by atoms with Crippen molar-refractivity contribution in [2.75, 3.05) is 24.2 Å². The lowest BCUT2D eigenvalue weighted by atomic mass is 10.1. The van der Waals surface area contributed by atoms with Crippen LogP contribution in [0.5, 0.6) is 0 Å². The minimum atomic E-state index is -3.39. The lowest BCUT2D eigenvalue weighted by Crippen LogP contribution is -2.53. The van der Waals surface area contributed by atoms with Crippen LogP contribution in [-0.2, 0) is 14.3 Å². The Kier molecular flexibility index (Phi) is 3.11. The standard InChI is InChI=1S/C16H17N3O3S/c1-11-3-4-14-15(7-11)19-6-5-12(8-16(19)17-14)18-9-13(10-18)22-23(2,20)21/h3-8,13H,9-10H2,1-2H3. The molecule has 0 unspecified atom stereocenters. The third kappa shape index (κ3) is 2.66. The minimum Gasteiger partial charge on any atom is -0.366 e. The van der Waals surface area contributed by atoms with Gasteiger partial charge in [-0.15, -0.1) is 0 Å². The van der Waals surface area contributed by atoms with Gasteiger partial charge in [0, 0.05) is 31.0 Å². The lowest BCUT2D eigenvalue weighted by molar-refractivity contribution is 0.177. The molecular formula is C16H17N3O3S. The number of imidazole rings is 1. The second-order valence-corrected chi connectivity index (χ2v) is 7.65. The van der Waals surface area contributed by atoms with Gasteiger partial charge in [0.05, 0.1) is 17.3 Å². The van der Waals surface area contributed by atoms with Crippen LogP contribution >= 0.6 is 0 Å². The van der Waals surface area contributed by atoms with E-state index in [9.17, 15) is 8.42 Å². The zero-order chi connectivity index (χ0) is 16.2. The molecule has 1 aliphatic rings. The second-order valence-electron chi connectivity index (χ2n) is 6.04. The van der Waals surface area contributed by atoms with Crippen molar-refractivity contribution >= 4 is 32.5 Å². The summed E-state index contributed by atoms with van der Waals surface area (Å²) in [4.78, 5) is 6.73. The predicted octanol–water partition coefficient (Wildman–Crippen LogP) is 1.96. The van der Waals surface area contributed by atoms with E-state index in [1.165, 1.54) is 5.56 Å². The summed E-state index contributed by atoms with van der Waals surface area (Å²) in [6.45, 7) is 3.21. The number of fused-ring (bicyclic) bond motifs is 3. The van der Waals surface area contributed by atoms with Crippen LogP contribution < -0.4 is 4.90 Å². The van der Waals surface area contributed by atoms with Crippen molar-refractivity contribution in [2.45, 2.75) is 13.0 Å². The molecule has 1 fully saturated rings. The Hall–Kier alpha value is -2.12. The first-order valence-electron chi connectivity index (χ1n) is 7.41. The number of hydrogen-bond donors (Lipinski definition) is 0. The van der Waals surface area contributed by atoms with Crippen LogP contribution in [0, 0.1) is 6.92 Å². The van der Waals surface area contributed by atoms with Gasteiger partial charge >= 0.3 is 0 Å². The van der Waals surface area contributed by atoms with Gasteiger partial charge in [-0.3, -0.25) is 8.58 Å². The molecule has 0 amide bonds. The van der Waals surface area contributed by atoms with Gasteiger partial charge in [-0.25, -0.2) is 4.98 Å². The normalized spacial score (nSPS) is 16.2. The Bertz CT molecular complexity index is 1000. The fraction of sp³-hybridized carbons (Fsp3) is 0.312. The number of pyridine rings is 1. The van der Waals surface area contributed by atoms with Crippen LogP contribution in [0.4, 0.5) is 5.69 Å². The van der Waals surface area contributed by atoms with Crippen molar-refractivity contribution in [1.82, 2.24) is 9.38 Å². The molecule has 7 heteroatoms. The molecule has 0 bridgehead atoms. The predicted molar refractivity (Wildman–Crippen MR) is 89.4 cm³/mol. The Labute approximate surface area is 134 Å². The fourth-order valence-electron chi connectivity index (χ4n) is 2.97. The molecule has 23 heavy (non-hydrogen) atoms. The van der Waals surface area contributed by atoms with E-state index < -0.39 is 10.1 Å². The summed E-state index contributed by atoms with van der Waals surface area (Å²) in [5, 5.41) is 0. The van der Waals surface area contributed by atoms with Crippen molar-refractivity contribution in [3.63, 3.8) is 0 Å². The minimum absolute atomic E-state index is 0.261. The first-order valence-corrected chi connectivity index (χ1v) is 9.22. The van der Waals surface area contributed by atoms with E-state index in [0.717, 1.165) is 28.6 Å². The highest BCUT2D eigenvalue weighted by Gasteiger charge is 2.30. The maximum Gasteiger partial charge on any atom is 0.264 e. The van der Waals surface area contributed by atoms with Gasteiger partial charge in [0.15, 0.2) is 0 Å². The summed E-state index contributed by atoms with van der Waals surface area (Å²) in [5.74, 6) is 0. The number of nitrogens with zero attached hydrogens (tertiary/aromatic N) is 3. The lowest BCUT2D eigenvalue weighted by Gasteiger charge is -2.39. The molecule has 1 saturated heterocycles. The van der Waals surface area contributed by atoms with Gasteiger partial charge < -0.3 is 4.90 Å². The summed E-state index contributed by atoms with van der Waals surface area (Å²) in [5.41, 5.74) is 5.17. The van der Waals surface area contributed by atoms with Gasteiger partial charge in [0.2, 0.25) is 0 Å². The summed E-state index contributed by atoms with van der Waals surface area (Å²) in [6, 6.07) is 10.2. The third-order valence-electron chi connectivity index (χ3n) is 4.07. The fourth-order valence-corrected chi connectivity index (χ4v) is 3.58. The van der Waals surface area contributed by atoms with E-state index in [-0.39, 0.29) is 6.10 Å². The first kappa shape index (κ1) is 14.5. The molecule has 0 aliphatic carbocycles. The highest BCUT2D eigenvalue weighted by Crippen LogP contribution is 2.26. The van der Waals surface area contributed by atoms with Crippen LogP contribution in [0.15, 0.2) is 36.5 Å². The quantitative estimate of drug-likeness (QED) is 0.687. The smallest absolute Gasteiger partial charge is 0.264 e. The van der Waals surface area contributed by atoms with Crippen molar-refractivity contribution in [3.8, 4) is 0 Å². The average molecular weight is 331 g/mol. The maximum absolute atomic E-state index is 11.1. The molecule has 6 nitrogen and oxygen atoms in total. The van der Waals surface area contributed by atoms with E-state index in [2.05, 4.69) is 33.3 Å². The Morgan fingerprint density at radius 2 is 2.00 bits per heavy atom. The van der Waals surface area contributed by atoms with Crippen LogP contribution in [0.2, 0.25) is 0 Å². The summed E-state index contributed by atoms with van der Waals surface area (Å²) >= 11 is 0. The Morgan fingerprint density at radius 3 is 2.74 bits per heavy atom. The van der Waals surface area contributed by atoms with E-state index in [4.69, 9.17) is 4.18 Å². The largest absolute Gasteiger partial charge is 0.366 e. The number of aryl methyl sites for hydroxylation is 1. The van der Waals surface area contributed by atoms with Crippen molar-refractivity contribution in [2.24, 2.45) is 0 Å². The molecule has 1 aliphatic heterocycles. The molecular weight excluding hydrogens is 314 g/mol. The Balaban J connectivity index is 1.62. The zero-order valence-corrected chi connectivity index (χ0v) is 13.7. The maximum atomic E-state index is 11.1. The highest BCUT2D eigenvalue weighted by atomic mass is 32.2.